The Hall–Kier alpha value is -4.15. The first-order valence-electron chi connectivity index (χ1n) is 14.3. The second kappa shape index (κ2) is 13.2. The molecule has 1 amide bonds. The Morgan fingerprint density at radius 3 is 1.66 bits per heavy atom. The van der Waals surface area contributed by atoms with Crippen LogP contribution in [0.15, 0.2) is 145 Å². The third-order valence-electron chi connectivity index (χ3n) is 8.27. The van der Waals surface area contributed by atoms with Crippen molar-refractivity contribution in [1.29, 1.82) is 0 Å². The second-order valence-electron chi connectivity index (χ2n) is 10.9. The number of carbonyl (C=O) groups excluding carboxylic acids is 2. The molecule has 0 radical (unpaired) electrons. The molecule has 1 aliphatic rings. The molecule has 5 aromatic rings. The van der Waals surface area contributed by atoms with E-state index >= 15 is 0 Å². The fraction of sp³-hybridized carbons (Fsp3) is 0.105. The number of Topliss-reactive ketones (excluding diaryl/α,β-unsaturated/α-hetero) is 1. The molecule has 0 saturated heterocycles. The van der Waals surface area contributed by atoms with Gasteiger partial charge in [0.1, 0.15) is 0 Å². The van der Waals surface area contributed by atoms with Crippen molar-refractivity contribution >= 4 is 46.5 Å². The van der Waals surface area contributed by atoms with Crippen molar-refractivity contribution < 1.29 is 9.59 Å². The highest BCUT2D eigenvalue weighted by Crippen LogP contribution is 2.54. The Kier molecular flexibility index (Phi) is 8.99. The number of nitrogens with one attached hydrogen (secondary N) is 1. The molecule has 0 bridgehead atoms. The van der Waals surface area contributed by atoms with E-state index in [-0.39, 0.29) is 17.6 Å². The summed E-state index contributed by atoms with van der Waals surface area (Å²) in [6.07, 6.45) is 1.60. The first-order valence-corrected chi connectivity index (χ1v) is 15.5. The summed E-state index contributed by atoms with van der Waals surface area (Å²) in [6, 6.07) is 41.9. The summed E-state index contributed by atoms with van der Waals surface area (Å²) in [5.41, 5.74) is 4.59. The number of halogens is 3. The third kappa shape index (κ3) is 6.23. The number of hydrogen-bond acceptors (Lipinski definition) is 2. The van der Waals surface area contributed by atoms with Crippen LogP contribution in [0.3, 0.4) is 0 Å². The van der Waals surface area contributed by atoms with Gasteiger partial charge in [-0.1, -0.05) is 132 Å². The first-order chi connectivity index (χ1) is 21.4. The number of ketones is 1. The topological polar surface area (TPSA) is 46.2 Å². The maximum atomic E-state index is 14.4. The number of rotatable bonds is 6. The minimum absolute atomic E-state index is 0.164. The van der Waals surface area contributed by atoms with Crippen LogP contribution < -0.4 is 5.32 Å². The van der Waals surface area contributed by atoms with Crippen LogP contribution in [-0.4, -0.2) is 11.7 Å². The Bertz CT molecular complexity index is 1800. The van der Waals surface area contributed by atoms with Crippen LogP contribution >= 0.6 is 34.8 Å². The van der Waals surface area contributed by atoms with Crippen molar-refractivity contribution in [2.24, 2.45) is 0 Å². The quantitative estimate of drug-likeness (QED) is 0.189. The van der Waals surface area contributed by atoms with Gasteiger partial charge in [0.05, 0.1) is 5.92 Å². The van der Waals surface area contributed by atoms with Crippen LogP contribution in [0.4, 0.5) is 0 Å². The van der Waals surface area contributed by atoms with Gasteiger partial charge < -0.3 is 5.32 Å². The van der Waals surface area contributed by atoms with Crippen molar-refractivity contribution in [3.8, 4) is 0 Å². The summed E-state index contributed by atoms with van der Waals surface area (Å²) in [5, 5.41) is 4.75. The zero-order valence-electron chi connectivity index (χ0n) is 23.5. The molecule has 6 heteroatoms. The highest BCUT2D eigenvalue weighted by atomic mass is 35.5. The number of carbonyl (C=O) groups is 2. The molecule has 1 heterocycles. The lowest BCUT2D eigenvalue weighted by molar-refractivity contribution is -0.122. The van der Waals surface area contributed by atoms with E-state index in [0.717, 1.165) is 22.3 Å². The Morgan fingerprint density at radius 1 is 0.523 bits per heavy atom. The van der Waals surface area contributed by atoms with Gasteiger partial charge in [-0.05, 0) is 58.7 Å². The second-order valence-corrected chi connectivity index (χ2v) is 12.2. The number of benzene rings is 5. The van der Waals surface area contributed by atoms with Crippen molar-refractivity contribution in [3.63, 3.8) is 0 Å². The molecule has 0 aromatic heterocycles. The van der Waals surface area contributed by atoms with Gasteiger partial charge in [0.2, 0.25) is 5.91 Å². The van der Waals surface area contributed by atoms with Gasteiger partial charge in [-0.25, -0.2) is 0 Å². The van der Waals surface area contributed by atoms with Gasteiger partial charge in [0.15, 0.2) is 5.78 Å². The molecule has 6 rings (SSSR count). The lowest BCUT2D eigenvalue weighted by Crippen LogP contribution is -2.38. The molecule has 0 aliphatic carbocycles. The molecule has 0 spiro atoms. The SMILES string of the molecule is O=C(/C1=C/NC(=O)C(c2cccc(Cl)c2)C(c2ccc(Cl)cc2)C(c2ccccc2)C1c1ccc(Cl)cc1)c1ccccc1. The van der Waals surface area contributed by atoms with Crippen LogP contribution in [0, 0.1) is 0 Å². The maximum absolute atomic E-state index is 14.4. The lowest BCUT2D eigenvalue weighted by Gasteiger charge is -2.41. The lowest BCUT2D eigenvalue weighted by atomic mass is 9.62. The molecule has 5 aromatic carbocycles. The van der Waals surface area contributed by atoms with E-state index in [2.05, 4.69) is 17.4 Å². The molecule has 1 aliphatic heterocycles. The van der Waals surface area contributed by atoms with E-state index in [0.29, 0.717) is 26.2 Å². The largest absolute Gasteiger partial charge is 0.332 e. The Balaban J connectivity index is 1.69. The number of amides is 1. The zero-order chi connectivity index (χ0) is 30.6. The van der Waals surface area contributed by atoms with Gasteiger partial charge in [0, 0.05) is 50.2 Å². The smallest absolute Gasteiger partial charge is 0.232 e. The molecule has 3 nitrogen and oxygen atoms in total. The summed E-state index contributed by atoms with van der Waals surface area (Å²) in [7, 11) is 0. The van der Waals surface area contributed by atoms with Crippen molar-refractivity contribution in [3.05, 3.63) is 188 Å². The Morgan fingerprint density at radius 2 is 1.05 bits per heavy atom. The third-order valence-corrected chi connectivity index (χ3v) is 9.01. The van der Waals surface area contributed by atoms with Gasteiger partial charge in [-0.15, -0.1) is 0 Å². The summed E-state index contributed by atoms with van der Waals surface area (Å²) in [4.78, 5) is 28.7. The van der Waals surface area contributed by atoms with Crippen LogP contribution in [-0.2, 0) is 4.79 Å². The van der Waals surface area contributed by atoms with Gasteiger partial charge in [-0.3, -0.25) is 9.59 Å². The summed E-state index contributed by atoms with van der Waals surface area (Å²) >= 11 is 19.3. The van der Waals surface area contributed by atoms with Crippen molar-refractivity contribution in [2.75, 3.05) is 0 Å². The predicted octanol–water partition coefficient (Wildman–Crippen LogP) is 9.98. The molecule has 0 saturated carbocycles. The van der Waals surface area contributed by atoms with E-state index in [1.54, 1.807) is 24.4 Å². The fourth-order valence-corrected chi connectivity index (χ4v) is 6.79. The average molecular weight is 637 g/mol. The highest BCUT2D eigenvalue weighted by Gasteiger charge is 2.45. The number of allylic oxidation sites excluding steroid dienone is 1. The van der Waals surface area contributed by atoms with Crippen molar-refractivity contribution in [1.82, 2.24) is 5.32 Å². The molecule has 218 valence electrons. The molecular formula is C38H28Cl3NO2. The van der Waals surface area contributed by atoms with Crippen LogP contribution in [0.2, 0.25) is 15.1 Å². The monoisotopic (exact) mass is 635 g/mol. The average Bonchev–Trinajstić information content (AvgIpc) is 3.04. The fourth-order valence-electron chi connectivity index (χ4n) is 6.34. The molecule has 4 unspecified atom stereocenters. The van der Waals surface area contributed by atoms with E-state index in [9.17, 15) is 9.59 Å². The Labute approximate surface area is 272 Å². The van der Waals surface area contributed by atoms with E-state index < -0.39 is 17.8 Å². The van der Waals surface area contributed by atoms with Crippen molar-refractivity contribution in [2.45, 2.75) is 23.7 Å². The highest BCUT2D eigenvalue weighted by molar-refractivity contribution is 6.31. The molecule has 44 heavy (non-hydrogen) atoms. The minimum atomic E-state index is -0.653. The predicted molar refractivity (Wildman–Crippen MR) is 179 cm³/mol. The standard InChI is InChI=1S/C38H28Cl3NO2/c39-29-18-14-25(15-19-29)33-32(37(43)27-10-5-2-6-11-27)23-42-38(44)36(28-12-7-13-31(41)22-28)35(26-16-20-30(40)21-17-26)34(33)24-8-3-1-4-9-24/h1-23,33-36H,(H,42,44)/b32-23+. The summed E-state index contributed by atoms with van der Waals surface area (Å²) in [6.45, 7) is 0. The van der Waals surface area contributed by atoms with Gasteiger partial charge in [-0.2, -0.15) is 0 Å². The van der Waals surface area contributed by atoms with Crippen LogP contribution in [0.5, 0.6) is 0 Å². The normalized spacial score (nSPS) is 21.3. The molecule has 4 atom stereocenters. The van der Waals surface area contributed by atoms with Gasteiger partial charge >= 0.3 is 0 Å². The zero-order valence-corrected chi connectivity index (χ0v) is 25.8. The number of hydrogen-bond donors (Lipinski definition) is 1. The van der Waals surface area contributed by atoms with Gasteiger partial charge in [0.25, 0.3) is 0 Å². The van der Waals surface area contributed by atoms with Crippen LogP contribution in [0.1, 0.15) is 56.3 Å². The summed E-state index contributed by atoms with van der Waals surface area (Å²) in [5.74, 6) is -2.32. The molecule has 1 N–H and O–H groups in total. The first kappa shape index (κ1) is 29.9. The molecule has 0 fully saturated rings. The van der Waals surface area contributed by atoms with Crippen LogP contribution in [0.25, 0.3) is 0 Å². The maximum Gasteiger partial charge on any atom is 0.232 e. The van der Waals surface area contributed by atoms with E-state index in [4.69, 9.17) is 34.8 Å². The minimum Gasteiger partial charge on any atom is -0.332 e. The summed E-state index contributed by atoms with van der Waals surface area (Å²) < 4.78 is 0. The van der Waals surface area contributed by atoms with E-state index in [1.807, 2.05) is 103 Å². The molecular weight excluding hydrogens is 609 g/mol. The van der Waals surface area contributed by atoms with E-state index in [1.165, 1.54) is 0 Å².